The minimum Gasteiger partial charge on any atom is -0.308 e. The lowest BCUT2D eigenvalue weighted by Crippen LogP contribution is -2.27. The van der Waals surface area contributed by atoms with Gasteiger partial charge in [0.25, 0.3) is 0 Å². The molecule has 0 saturated heterocycles. The Morgan fingerprint density at radius 1 is 1.56 bits per heavy atom. The summed E-state index contributed by atoms with van der Waals surface area (Å²) in [4.78, 5) is 4.04. The van der Waals surface area contributed by atoms with Gasteiger partial charge in [-0.25, -0.2) is 24.0 Å². The van der Waals surface area contributed by atoms with E-state index in [-0.39, 0.29) is 10.3 Å². The summed E-state index contributed by atoms with van der Waals surface area (Å²) in [6.07, 6.45) is 2.46. The molecule has 1 atom stereocenters. The summed E-state index contributed by atoms with van der Waals surface area (Å²) >= 11 is 0. The van der Waals surface area contributed by atoms with Crippen molar-refractivity contribution in [3.8, 4) is 0 Å². The number of hydrogen-bond donors (Lipinski definition) is 3. The second-order valence-corrected chi connectivity index (χ2v) is 7.03. The van der Waals surface area contributed by atoms with Gasteiger partial charge >= 0.3 is 0 Å². The molecule has 18 heavy (non-hydrogen) atoms. The van der Waals surface area contributed by atoms with Crippen LogP contribution in [0.5, 0.6) is 0 Å². The first-order valence-electron chi connectivity index (χ1n) is 5.77. The van der Waals surface area contributed by atoms with Crippen molar-refractivity contribution in [1.29, 1.82) is 0 Å². The highest BCUT2D eigenvalue weighted by molar-refractivity contribution is 7.89. The highest BCUT2D eigenvalue weighted by Crippen LogP contribution is 2.51. The average Bonchev–Trinajstić information content (AvgIpc) is 2.95. The summed E-state index contributed by atoms with van der Waals surface area (Å²) in [5, 5.41) is 0. The molecule has 1 aromatic heterocycles. The molecular formula is C11H18N4O2S. The lowest BCUT2D eigenvalue weighted by Gasteiger charge is -2.08. The number of aromatic nitrogens is 1. The van der Waals surface area contributed by atoms with Gasteiger partial charge in [0.1, 0.15) is 5.82 Å². The summed E-state index contributed by atoms with van der Waals surface area (Å²) in [5.41, 5.74) is 2.58. The van der Waals surface area contributed by atoms with Gasteiger partial charge in [-0.3, -0.25) is 0 Å². The number of anilines is 1. The third-order valence-electron chi connectivity index (χ3n) is 3.43. The molecule has 0 aromatic carbocycles. The second-order valence-electron chi connectivity index (χ2n) is 5.26. The molecule has 7 heteroatoms. The first kappa shape index (κ1) is 13.3. The quantitative estimate of drug-likeness (QED) is 0.540. The molecule has 0 radical (unpaired) electrons. The maximum Gasteiger partial charge on any atom is 0.240 e. The Balaban J connectivity index is 2.06. The number of pyridine rings is 1. The molecule has 1 fully saturated rings. The highest BCUT2D eigenvalue weighted by Gasteiger charge is 2.45. The van der Waals surface area contributed by atoms with Gasteiger partial charge in [-0.15, -0.1) is 0 Å². The van der Waals surface area contributed by atoms with E-state index in [1.807, 2.05) is 0 Å². The molecule has 1 aliphatic carbocycles. The Morgan fingerprint density at radius 3 is 2.78 bits per heavy atom. The van der Waals surface area contributed by atoms with E-state index in [1.54, 1.807) is 0 Å². The van der Waals surface area contributed by atoms with E-state index in [2.05, 4.69) is 29.0 Å². The first-order valence-corrected chi connectivity index (χ1v) is 7.26. The molecule has 1 aromatic rings. The Bertz CT molecular complexity index is 542. The Hall–Kier alpha value is -1.18. The van der Waals surface area contributed by atoms with Gasteiger partial charge in [-0.2, -0.15) is 0 Å². The van der Waals surface area contributed by atoms with Crippen LogP contribution in [0, 0.1) is 11.3 Å². The zero-order valence-corrected chi connectivity index (χ0v) is 11.3. The SMILES string of the molecule is CC1(C)CC1CNS(=O)(=O)c1ccnc(NN)c1. The number of sulfonamides is 1. The predicted octanol–water partition coefficient (Wildman–Crippen LogP) is 0.692. The molecule has 1 unspecified atom stereocenters. The van der Waals surface area contributed by atoms with Crippen molar-refractivity contribution in [3.05, 3.63) is 18.3 Å². The van der Waals surface area contributed by atoms with Gasteiger partial charge in [-0.05, 0) is 23.8 Å². The molecule has 2 rings (SSSR count). The van der Waals surface area contributed by atoms with Crippen LogP contribution in [0.25, 0.3) is 0 Å². The van der Waals surface area contributed by atoms with Gasteiger partial charge in [0.15, 0.2) is 0 Å². The Kier molecular flexibility index (Phi) is 3.31. The largest absolute Gasteiger partial charge is 0.308 e. The van der Waals surface area contributed by atoms with E-state index in [9.17, 15) is 8.42 Å². The van der Waals surface area contributed by atoms with Gasteiger partial charge in [0, 0.05) is 18.8 Å². The Labute approximate surface area is 107 Å². The monoisotopic (exact) mass is 270 g/mol. The summed E-state index contributed by atoms with van der Waals surface area (Å²) < 4.78 is 26.7. The number of rotatable bonds is 5. The van der Waals surface area contributed by atoms with Crippen LogP contribution in [0.2, 0.25) is 0 Å². The lowest BCUT2D eigenvalue weighted by molar-refractivity contribution is 0.537. The predicted molar refractivity (Wildman–Crippen MR) is 69.1 cm³/mol. The van der Waals surface area contributed by atoms with Crippen LogP contribution in [-0.4, -0.2) is 19.9 Å². The molecule has 1 heterocycles. The zero-order chi connectivity index (χ0) is 13.4. The molecular weight excluding hydrogens is 252 g/mol. The summed E-state index contributed by atoms with van der Waals surface area (Å²) in [6, 6.07) is 2.85. The third-order valence-corrected chi connectivity index (χ3v) is 4.85. The van der Waals surface area contributed by atoms with Crippen LogP contribution in [0.3, 0.4) is 0 Å². The average molecular weight is 270 g/mol. The fourth-order valence-corrected chi connectivity index (χ4v) is 2.97. The number of nitrogens with two attached hydrogens (primary N) is 1. The van der Waals surface area contributed by atoms with Crippen molar-refractivity contribution in [2.75, 3.05) is 12.0 Å². The van der Waals surface area contributed by atoms with E-state index in [1.165, 1.54) is 18.3 Å². The van der Waals surface area contributed by atoms with Crippen molar-refractivity contribution in [3.63, 3.8) is 0 Å². The van der Waals surface area contributed by atoms with Crippen molar-refractivity contribution < 1.29 is 8.42 Å². The molecule has 100 valence electrons. The molecule has 6 nitrogen and oxygen atoms in total. The van der Waals surface area contributed by atoms with Crippen LogP contribution < -0.4 is 16.0 Å². The summed E-state index contributed by atoms with van der Waals surface area (Å²) in [6.45, 7) is 4.74. The minimum atomic E-state index is -3.48. The zero-order valence-electron chi connectivity index (χ0n) is 10.5. The van der Waals surface area contributed by atoms with Crippen LogP contribution in [0.1, 0.15) is 20.3 Å². The molecule has 4 N–H and O–H groups in total. The van der Waals surface area contributed by atoms with Crippen LogP contribution >= 0.6 is 0 Å². The van der Waals surface area contributed by atoms with Crippen molar-refractivity contribution in [2.24, 2.45) is 17.2 Å². The minimum absolute atomic E-state index is 0.170. The van der Waals surface area contributed by atoms with Crippen molar-refractivity contribution >= 4 is 15.8 Å². The standard InChI is InChI=1S/C11H18N4O2S/c1-11(2)6-8(11)7-14-18(16,17)9-3-4-13-10(5-9)15-12/h3-5,8,14H,6-7,12H2,1-2H3,(H,13,15). The molecule has 0 aliphatic heterocycles. The highest BCUT2D eigenvalue weighted by atomic mass is 32.2. The van der Waals surface area contributed by atoms with E-state index in [0.717, 1.165) is 6.42 Å². The maximum absolute atomic E-state index is 12.0. The maximum atomic E-state index is 12.0. The Morgan fingerprint density at radius 2 is 2.22 bits per heavy atom. The number of nitrogens with zero attached hydrogens (tertiary/aromatic N) is 1. The first-order chi connectivity index (χ1) is 8.35. The van der Waals surface area contributed by atoms with Crippen molar-refractivity contribution in [1.82, 2.24) is 9.71 Å². The van der Waals surface area contributed by atoms with Gasteiger partial charge in [0.05, 0.1) is 4.90 Å². The fourth-order valence-electron chi connectivity index (χ4n) is 1.88. The van der Waals surface area contributed by atoms with E-state index >= 15 is 0 Å². The summed E-state index contributed by atoms with van der Waals surface area (Å²) in [5.74, 6) is 5.94. The van der Waals surface area contributed by atoms with Crippen LogP contribution in [0.15, 0.2) is 23.2 Å². The number of hydrazine groups is 1. The summed E-state index contributed by atoms with van der Waals surface area (Å²) in [7, 11) is -3.48. The molecule has 0 bridgehead atoms. The van der Waals surface area contributed by atoms with Gasteiger partial charge in [-0.1, -0.05) is 13.8 Å². The van der Waals surface area contributed by atoms with Crippen LogP contribution in [-0.2, 0) is 10.0 Å². The smallest absolute Gasteiger partial charge is 0.240 e. The van der Waals surface area contributed by atoms with E-state index < -0.39 is 10.0 Å². The number of hydrogen-bond acceptors (Lipinski definition) is 5. The van der Waals surface area contributed by atoms with E-state index in [4.69, 9.17) is 5.84 Å². The van der Waals surface area contributed by atoms with Crippen molar-refractivity contribution in [2.45, 2.75) is 25.2 Å². The molecule has 1 saturated carbocycles. The second kappa shape index (κ2) is 4.49. The number of nitrogen functional groups attached to an aromatic ring is 1. The number of nitrogens with one attached hydrogen (secondary N) is 2. The van der Waals surface area contributed by atoms with Crippen LogP contribution in [0.4, 0.5) is 5.82 Å². The molecule has 0 spiro atoms. The van der Waals surface area contributed by atoms with E-state index in [0.29, 0.717) is 18.3 Å². The van der Waals surface area contributed by atoms with Gasteiger partial charge in [0.2, 0.25) is 10.0 Å². The van der Waals surface area contributed by atoms with Gasteiger partial charge < -0.3 is 5.43 Å². The molecule has 1 aliphatic rings. The fraction of sp³-hybridized carbons (Fsp3) is 0.545. The third kappa shape index (κ3) is 2.80. The topological polar surface area (TPSA) is 97.1 Å². The lowest BCUT2D eigenvalue weighted by atomic mass is 10.1. The molecule has 0 amide bonds. The normalized spacial score (nSPS) is 21.6.